The van der Waals surface area contributed by atoms with Crippen LogP contribution in [0.25, 0.3) is 0 Å². The first-order chi connectivity index (χ1) is 9.77. The van der Waals surface area contributed by atoms with E-state index in [1.54, 1.807) is 6.07 Å². The zero-order chi connectivity index (χ0) is 16.0. The summed E-state index contributed by atoms with van der Waals surface area (Å²) in [6, 6.07) is 5.17. The molecule has 1 aromatic carbocycles. The highest BCUT2D eigenvalue weighted by molar-refractivity contribution is 5.49. The Hall–Kier alpha value is -1.77. The van der Waals surface area contributed by atoms with Gasteiger partial charge in [0.1, 0.15) is 5.82 Å². The average Bonchev–Trinajstić information content (AvgIpc) is 2.41. The van der Waals surface area contributed by atoms with E-state index in [4.69, 9.17) is 0 Å². The molecule has 3 heteroatoms. The summed E-state index contributed by atoms with van der Waals surface area (Å²) in [5.41, 5.74) is 2.56. The summed E-state index contributed by atoms with van der Waals surface area (Å²) in [5, 5.41) is 6.44. The Kier molecular flexibility index (Phi) is 6.01. The average molecular weight is 290 g/mol. The predicted molar refractivity (Wildman–Crippen MR) is 90.1 cm³/mol. The van der Waals surface area contributed by atoms with Gasteiger partial charge >= 0.3 is 0 Å². The molecule has 1 aromatic rings. The molecular formula is C18H27FN2. The van der Waals surface area contributed by atoms with Crippen LogP contribution in [-0.4, -0.2) is 13.1 Å². The van der Waals surface area contributed by atoms with Crippen LogP contribution in [0.2, 0.25) is 0 Å². The Morgan fingerprint density at radius 3 is 2.52 bits per heavy atom. The van der Waals surface area contributed by atoms with E-state index in [2.05, 4.69) is 44.6 Å². The molecule has 0 radical (unpaired) electrons. The predicted octanol–water partition coefficient (Wildman–Crippen LogP) is 4.60. The molecule has 0 heterocycles. The van der Waals surface area contributed by atoms with Crippen molar-refractivity contribution in [2.24, 2.45) is 0 Å². The van der Waals surface area contributed by atoms with Crippen LogP contribution in [0, 0.1) is 5.82 Å². The van der Waals surface area contributed by atoms with Gasteiger partial charge in [-0.15, -0.1) is 6.58 Å². The van der Waals surface area contributed by atoms with Crippen molar-refractivity contribution in [3.05, 3.63) is 54.5 Å². The lowest BCUT2D eigenvalue weighted by Crippen LogP contribution is -2.28. The number of likely N-dealkylation sites (N-methyl/N-ethyl adjacent to an activating group) is 1. The van der Waals surface area contributed by atoms with Crippen LogP contribution in [0.4, 0.5) is 10.1 Å². The molecule has 2 N–H and O–H groups in total. The minimum atomic E-state index is -0.220. The van der Waals surface area contributed by atoms with Gasteiger partial charge < -0.3 is 10.6 Å². The zero-order valence-corrected chi connectivity index (χ0v) is 13.6. The second kappa shape index (κ2) is 7.30. The van der Waals surface area contributed by atoms with E-state index in [1.165, 1.54) is 6.07 Å². The molecule has 0 aliphatic heterocycles. The van der Waals surface area contributed by atoms with Gasteiger partial charge in [-0.1, -0.05) is 33.4 Å². The Bertz CT molecular complexity index is 500. The van der Waals surface area contributed by atoms with Crippen molar-refractivity contribution in [1.29, 1.82) is 0 Å². The molecule has 1 rings (SSSR count). The smallest absolute Gasteiger partial charge is 0.125 e. The van der Waals surface area contributed by atoms with Gasteiger partial charge in [0, 0.05) is 18.4 Å². The van der Waals surface area contributed by atoms with Crippen LogP contribution >= 0.6 is 0 Å². The van der Waals surface area contributed by atoms with Gasteiger partial charge in [0.25, 0.3) is 0 Å². The third-order valence-electron chi connectivity index (χ3n) is 3.51. The van der Waals surface area contributed by atoms with Gasteiger partial charge in [0.05, 0.1) is 6.04 Å². The lowest BCUT2D eigenvalue weighted by Gasteiger charge is -2.24. The third-order valence-corrected chi connectivity index (χ3v) is 3.51. The molecule has 116 valence electrons. The number of anilines is 1. The molecule has 0 bridgehead atoms. The first-order valence-electron chi connectivity index (χ1n) is 7.33. The number of rotatable bonds is 7. The highest BCUT2D eigenvalue weighted by Crippen LogP contribution is 2.27. The van der Waals surface area contributed by atoms with E-state index >= 15 is 0 Å². The quantitative estimate of drug-likeness (QED) is 0.717. The fourth-order valence-electron chi connectivity index (χ4n) is 2.10. The van der Waals surface area contributed by atoms with Crippen molar-refractivity contribution >= 4 is 5.69 Å². The van der Waals surface area contributed by atoms with Crippen LogP contribution in [0.5, 0.6) is 0 Å². The Morgan fingerprint density at radius 1 is 1.33 bits per heavy atom. The molecule has 2 nitrogen and oxygen atoms in total. The van der Waals surface area contributed by atoms with E-state index in [-0.39, 0.29) is 17.3 Å². The molecule has 21 heavy (non-hydrogen) atoms. The molecule has 0 aromatic heterocycles. The van der Waals surface area contributed by atoms with Crippen molar-refractivity contribution < 1.29 is 4.39 Å². The third kappa shape index (κ3) is 5.25. The van der Waals surface area contributed by atoms with Crippen LogP contribution < -0.4 is 10.6 Å². The lowest BCUT2D eigenvalue weighted by atomic mass is 9.86. The summed E-state index contributed by atoms with van der Waals surface area (Å²) >= 11 is 0. The molecule has 0 aliphatic rings. The Labute approximate surface area is 128 Å². The first-order valence-corrected chi connectivity index (χ1v) is 7.33. The van der Waals surface area contributed by atoms with E-state index in [0.29, 0.717) is 0 Å². The topological polar surface area (TPSA) is 24.1 Å². The maximum Gasteiger partial charge on any atom is 0.125 e. The van der Waals surface area contributed by atoms with E-state index in [9.17, 15) is 4.39 Å². The van der Waals surface area contributed by atoms with Crippen molar-refractivity contribution in [2.45, 2.75) is 45.1 Å². The molecule has 0 saturated carbocycles. The normalized spacial score (nSPS) is 12.6. The van der Waals surface area contributed by atoms with Crippen LogP contribution in [0.1, 0.15) is 39.2 Å². The van der Waals surface area contributed by atoms with E-state index < -0.39 is 0 Å². The fourth-order valence-corrected chi connectivity index (χ4v) is 2.10. The zero-order valence-electron chi connectivity index (χ0n) is 13.6. The van der Waals surface area contributed by atoms with Crippen LogP contribution in [0.15, 0.2) is 43.1 Å². The maximum absolute atomic E-state index is 13.8. The van der Waals surface area contributed by atoms with E-state index in [0.717, 1.165) is 29.8 Å². The number of hydrogen-bond acceptors (Lipinski definition) is 2. The van der Waals surface area contributed by atoms with Crippen molar-refractivity contribution in [3.8, 4) is 0 Å². The second-order valence-corrected chi connectivity index (χ2v) is 6.32. The standard InChI is InChI=1S/C18H27FN2/c1-7-8-9-17(13(2)20-6)21-16-11-14(18(3,4)5)10-15(19)12-16/h7,10-12,17,20-21H,1-2,8-9H2,3-6H3. The van der Waals surface area contributed by atoms with Gasteiger partial charge in [0.15, 0.2) is 0 Å². The van der Waals surface area contributed by atoms with Crippen molar-refractivity contribution in [2.75, 3.05) is 12.4 Å². The number of hydrogen-bond donors (Lipinski definition) is 2. The van der Waals surface area contributed by atoms with Gasteiger partial charge in [-0.3, -0.25) is 0 Å². The monoisotopic (exact) mass is 290 g/mol. The molecule has 0 fully saturated rings. The summed E-state index contributed by atoms with van der Waals surface area (Å²) in [6.07, 6.45) is 3.62. The Balaban J connectivity index is 3.00. The van der Waals surface area contributed by atoms with Gasteiger partial charge in [0.2, 0.25) is 0 Å². The van der Waals surface area contributed by atoms with Gasteiger partial charge in [-0.2, -0.15) is 0 Å². The number of allylic oxidation sites excluding steroid dienone is 1. The van der Waals surface area contributed by atoms with Gasteiger partial charge in [-0.05, 0) is 42.0 Å². The molecule has 0 spiro atoms. The molecule has 1 atom stereocenters. The lowest BCUT2D eigenvalue weighted by molar-refractivity contribution is 0.572. The minimum absolute atomic E-state index is 0.0441. The molecule has 1 unspecified atom stereocenters. The summed E-state index contributed by atoms with van der Waals surface area (Å²) in [4.78, 5) is 0. The van der Waals surface area contributed by atoms with Crippen LogP contribution in [-0.2, 0) is 5.41 Å². The summed E-state index contributed by atoms with van der Waals surface area (Å²) in [5.74, 6) is -0.220. The molecule has 0 saturated heterocycles. The fraction of sp³-hybridized carbons (Fsp3) is 0.444. The highest BCUT2D eigenvalue weighted by Gasteiger charge is 2.17. The first kappa shape index (κ1) is 17.3. The van der Waals surface area contributed by atoms with Gasteiger partial charge in [-0.25, -0.2) is 4.39 Å². The second-order valence-electron chi connectivity index (χ2n) is 6.32. The van der Waals surface area contributed by atoms with Crippen molar-refractivity contribution in [1.82, 2.24) is 5.32 Å². The maximum atomic E-state index is 13.8. The summed E-state index contributed by atoms with van der Waals surface area (Å²) < 4.78 is 13.8. The minimum Gasteiger partial charge on any atom is -0.390 e. The number of halogens is 1. The van der Waals surface area contributed by atoms with E-state index in [1.807, 2.05) is 19.2 Å². The molecule has 0 aliphatic carbocycles. The van der Waals surface area contributed by atoms with Crippen molar-refractivity contribution in [3.63, 3.8) is 0 Å². The SMILES string of the molecule is C=CCCC(Nc1cc(F)cc(C(C)(C)C)c1)C(=C)NC. The summed E-state index contributed by atoms with van der Waals surface area (Å²) in [7, 11) is 1.84. The molecule has 0 amide bonds. The number of benzene rings is 1. The Morgan fingerprint density at radius 2 is 2.00 bits per heavy atom. The molecular weight excluding hydrogens is 263 g/mol. The number of nitrogens with one attached hydrogen (secondary N) is 2. The summed E-state index contributed by atoms with van der Waals surface area (Å²) in [6.45, 7) is 14.0. The van der Waals surface area contributed by atoms with Crippen LogP contribution in [0.3, 0.4) is 0 Å². The largest absolute Gasteiger partial charge is 0.390 e. The highest BCUT2D eigenvalue weighted by atomic mass is 19.1.